The molecule has 0 aromatic heterocycles. The third kappa shape index (κ3) is 8.10. The molecule has 2 unspecified atom stereocenters. The third-order valence-electron chi connectivity index (χ3n) is 8.67. The van der Waals surface area contributed by atoms with Gasteiger partial charge < -0.3 is 10.4 Å². The summed E-state index contributed by atoms with van der Waals surface area (Å²) in [6.07, 6.45) is 2.82. The molecule has 0 spiro atoms. The molecule has 264 valence electrons. The normalized spacial score (nSPS) is 20.2. The number of aliphatic carboxylic acids is 1. The lowest BCUT2D eigenvalue weighted by atomic mass is 10.0. The first kappa shape index (κ1) is 36.7. The van der Waals surface area contributed by atoms with Gasteiger partial charge in [0.2, 0.25) is 15.9 Å². The van der Waals surface area contributed by atoms with Crippen LogP contribution in [0.15, 0.2) is 77.7 Å². The Morgan fingerprint density at radius 2 is 1.55 bits per heavy atom. The zero-order valence-corrected chi connectivity index (χ0v) is 28.4. The predicted octanol–water partition coefficient (Wildman–Crippen LogP) is 4.87. The van der Waals surface area contributed by atoms with Gasteiger partial charge in [-0.15, -0.1) is 0 Å². The van der Waals surface area contributed by atoms with E-state index in [1.54, 1.807) is 42.5 Å². The number of carboxylic acids is 1. The molecular formula is C32H34ClF3N4O7S2. The van der Waals surface area contributed by atoms with Crippen LogP contribution in [0.3, 0.4) is 0 Å². The summed E-state index contributed by atoms with van der Waals surface area (Å²) in [4.78, 5) is 27.4. The summed E-state index contributed by atoms with van der Waals surface area (Å²) in [7, 11) is -10.6. The van der Waals surface area contributed by atoms with Gasteiger partial charge in [0.25, 0.3) is 0 Å². The van der Waals surface area contributed by atoms with Crippen LogP contribution in [0.1, 0.15) is 37.2 Å². The number of hydrogen-bond donors (Lipinski definition) is 3. The highest BCUT2D eigenvalue weighted by Gasteiger charge is 2.68. The molecule has 3 aromatic carbocycles. The maximum atomic E-state index is 14.1. The van der Waals surface area contributed by atoms with Crippen LogP contribution >= 0.6 is 11.6 Å². The van der Waals surface area contributed by atoms with Crippen molar-refractivity contribution < 1.29 is 44.7 Å². The van der Waals surface area contributed by atoms with Crippen molar-refractivity contribution in [1.82, 2.24) is 13.9 Å². The minimum absolute atomic E-state index is 0.170. The molecule has 1 aliphatic carbocycles. The lowest BCUT2D eigenvalue weighted by Crippen LogP contribution is -2.51. The highest BCUT2D eigenvalue weighted by Crippen LogP contribution is 2.57. The number of carboxylic acid groups (broad SMARTS) is 1. The zero-order valence-electron chi connectivity index (χ0n) is 26.0. The minimum Gasteiger partial charge on any atom is -0.480 e. The molecule has 49 heavy (non-hydrogen) atoms. The van der Waals surface area contributed by atoms with E-state index < -0.39 is 56.1 Å². The average molecular weight is 743 g/mol. The average Bonchev–Trinajstić information content (AvgIpc) is 3.80. The number of piperidine rings is 1. The Bertz CT molecular complexity index is 1910. The number of anilines is 1. The topological polar surface area (TPSA) is 153 Å². The monoisotopic (exact) mass is 742 g/mol. The summed E-state index contributed by atoms with van der Waals surface area (Å²) in [6.45, 7) is -0.221. The molecule has 1 heterocycles. The van der Waals surface area contributed by atoms with E-state index in [4.69, 9.17) is 11.6 Å². The van der Waals surface area contributed by atoms with Crippen molar-refractivity contribution in [3.63, 3.8) is 0 Å². The number of alkyl halides is 3. The van der Waals surface area contributed by atoms with Gasteiger partial charge in [-0.2, -0.15) is 17.5 Å². The van der Waals surface area contributed by atoms with Gasteiger partial charge in [0, 0.05) is 29.7 Å². The lowest BCUT2D eigenvalue weighted by Gasteiger charge is -2.30. The number of carbonyl (C=O) groups excluding carboxylic acids is 1. The Balaban J connectivity index is 1.44. The Kier molecular flexibility index (Phi) is 10.8. The molecule has 11 nitrogen and oxygen atoms in total. The number of carbonyl (C=O) groups is 2. The van der Waals surface area contributed by atoms with E-state index in [1.165, 1.54) is 35.1 Å². The van der Waals surface area contributed by atoms with Crippen molar-refractivity contribution in [2.75, 3.05) is 38.0 Å². The molecule has 0 radical (unpaired) electrons. The number of rotatable bonds is 13. The first-order valence-corrected chi connectivity index (χ1v) is 18.6. The number of nitrogens with zero attached hydrogens (tertiary/aromatic N) is 2. The van der Waals surface area contributed by atoms with E-state index in [1.807, 2.05) is 4.90 Å². The summed E-state index contributed by atoms with van der Waals surface area (Å²) < 4.78 is 92.7. The van der Waals surface area contributed by atoms with Crippen LogP contribution in [-0.2, 0) is 29.6 Å². The summed E-state index contributed by atoms with van der Waals surface area (Å²) in [5, 5.41) is 13.8. The van der Waals surface area contributed by atoms with Gasteiger partial charge >= 0.3 is 21.5 Å². The summed E-state index contributed by atoms with van der Waals surface area (Å²) in [5.41, 5.74) is -5.80. The van der Waals surface area contributed by atoms with E-state index in [2.05, 4.69) is 5.32 Å². The molecule has 1 saturated carbocycles. The number of halogens is 4. The first-order chi connectivity index (χ1) is 23.0. The Morgan fingerprint density at radius 3 is 2.14 bits per heavy atom. The van der Waals surface area contributed by atoms with Crippen LogP contribution in [0.25, 0.3) is 11.1 Å². The van der Waals surface area contributed by atoms with Crippen LogP contribution in [-0.4, -0.2) is 86.8 Å². The van der Waals surface area contributed by atoms with Gasteiger partial charge in [0.05, 0.1) is 11.4 Å². The number of hydrogen-bond acceptors (Lipinski definition) is 7. The van der Waals surface area contributed by atoms with Crippen molar-refractivity contribution in [1.29, 1.82) is 0 Å². The van der Waals surface area contributed by atoms with Crippen LogP contribution in [0.4, 0.5) is 18.9 Å². The molecule has 0 bridgehead atoms. The van der Waals surface area contributed by atoms with Crippen LogP contribution in [0.5, 0.6) is 0 Å². The molecule has 2 fully saturated rings. The molecule has 17 heteroatoms. The zero-order chi connectivity index (χ0) is 35.6. The molecule has 5 rings (SSSR count). The second kappa shape index (κ2) is 14.4. The quantitative estimate of drug-likeness (QED) is 0.224. The maximum absolute atomic E-state index is 14.1. The Morgan fingerprint density at radius 1 is 0.939 bits per heavy atom. The fourth-order valence-electron chi connectivity index (χ4n) is 6.11. The van der Waals surface area contributed by atoms with E-state index in [9.17, 15) is 44.7 Å². The van der Waals surface area contributed by atoms with Crippen LogP contribution < -0.4 is 10.0 Å². The summed E-state index contributed by atoms with van der Waals surface area (Å²) in [5.74, 6) is -2.83. The van der Waals surface area contributed by atoms with E-state index in [0.29, 0.717) is 31.7 Å². The van der Waals surface area contributed by atoms with E-state index >= 15 is 0 Å². The summed E-state index contributed by atoms with van der Waals surface area (Å²) in [6, 6.07) is 18.4. The van der Waals surface area contributed by atoms with Crippen molar-refractivity contribution in [3.05, 3.63) is 83.4 Å². The van der Waals surface area contributed by atoms with Gasteiger partial charge in [-0.25, -0.2) is 21.6 Å². The maximum Gasteiger partial charge on any atom is 0.511 e. The molecular weight excluding hydrogens is 709 g/mol. The van der Waals surface area contributed by atoms with Gasteiger partial charge in [-0.3, -0.25) is 14.5 Å². The second-order valence-corrected chi connectivity index (χ2v) is 16.0. The molecule has 2 aliphatic rings. The molecule has 2 atom stereocenters. The Hall–Kier alpha value is -3.54. The largest absolute Gasteiger partial charge is 0.511 e. The highest BCUT2D eigenvalue weighted by molar-refractivity contribution is 7.90. The number of sulfonamides is 2. The second-order valence-electron chi connectivity index (χ2n) is 11.9. The summed E-state index contributed by atoms with van der Waals surface area (Å²) >= 11 is 5.95. The van der Waals surface area contributed by atoms with Gasteiger partial charge in [0.15, 0.2) is 0 Å². The van der Waals surface area contributed by atoms with Gasteiger partial charge in [-0.1, -0.05) is 54.4 Å². The standard InChI is InChI=1S/C32H34ClF3N4O7S2/c33-25-11-7-22(8-12-25)23-9-13-27(14-10-23)48(44,45)40(18-15-37-49(46,47)32(34,35)36)31(30(42)43)20-28(31)24-5-4-6-26(19-24)38-29(41)21-39-16-2-1-3-17-39/h4-14,19,28,37H,1-3,15-18,20-21H2,(H,38,41)(H,42,43). The van der Waals surface area contributed by atoms with Gasteiger partial charge in [-0.05, 0) is 85.4 Å². The fraction of sp³-hybridized carbons (Fsp3) is 0.375. The molecule has 3 N–H and O–H groups in total. The van der Waals surface area contributed by atoms with Crippen molar-refractivity contribution in [3.8, 4) is 11.1 Å². The highest BCUT2D eigenvalue weighted by atomic mass is 35.5. The number of nitrogens with one attached hydrogen (secondary N) is 2. The van der Waals surface area contributed by atoms with E-state index in [0.717, 1.165) is 32.4 Å². The van der Waals surface area contributed by atoms with Crippen LogP contribution in [0.2, 0.25) is 5.02 Å². The number of benzene rings is 3. The minimum atomic E-state index is -5.85. The molecule has 1 aliphatic heterocycles. The van der Waals surface area contributed by atoms with E-state index in [-0.39, 0.29) is 23.8 Å². The predicted molar refractivity (Wildman–Crippen MR) is 177 cm³/mol. The first-order valence-electron chi connectivity index (χ1n) is 15.3. The lowest BCUT2D eigenvalue weighted by molar-refractivity contribution is -0.143. The van der Waals surface area contributed by atoms with Crippen molar-refractivity contribution >= 4 is 49.2 Å². The number of likely N-dealkylation sites (tertiary alicyclic amines) is 1. The Labute approximate surface area is 287 Å². The van der Waals surface area contributed by atoms with Crippen molar-refractivity contribution in [2.45, 2.75) is 47.5 Å². The van der Waals surface area contributed by atoms with Gasteiger partial charge in [0.1, 0.15) is 5.54 Å². The number of amides is 1. The molecule has 1 saturated heterocycles. The fourth-order valence-corrected chi connectivity index (χ4v) is 8.53. The van der Waals surface area contributed by atoms with Crippen molar-refractivity contribution in [2.24, 2.45) is 0 Å². The molecule has 3 aromatic rings. The SMILES string of the molecule is O=C(CN1CCCCC1)Nc1cccc(C2CC2(C(=O)O)N(CCNS(=O)(=O)C(F)(F)F)S(=O)(=O)c2ccc(-c3ccc(Cl)cc3)cc2)c1. The smallest absolute Gasteiger partial charge is 0.480 e. The van der Waals surface area contributed by atoms with Crippen LogP contribution in [0, 0.1) is 0 Å². The molecule has 1 amide bonds. The third-order valence-corrected chi connectivity index (χ3v) is 12.1.